The summed E-state index contributed by atoms with van der Waals surface area (Å²) in [5.41, 5.74) is -0.201. The SMILES string of the molecule is CCOCCOCCOC(=O)Cn1ccc2ccccc2c1=O. The quantitative estimate of drug-likeness (QED) is 0.519. The van der Waals surface area contributed by atoms with Crippen molar-refractivity contribution in [2.75, 3.05) is 33.0 Å². The standard InChI is InChI=1S/C17H21NO5/c1-2-21-9-10-22-11-12-23-16(19)13-18-8-7-14-5-3-4-6-15(14)17(18)20/h3-8H,2,9-13H2,1H3. The Morgan fingerprint density at radius 3 is 2.61 bits per heavy atom. The Morgan fingerprint density at radius 2 is 1.78 bits per heavy atom. The lowest BCUT2D eigenvalue weighted by Crippen LogP contribution is -2.25. The third kappa shape index (κ3) is 5.19. The van der Waals surface area contributed by atoms with Crippen molar-refractivity contribution in [1.29, 1.82) is 0 Å². The van der Waals surface area contributed by atoms with Gasteiger partial charge in [-0.1, -0.05) is 18.2 Å². The molecule has 0 saturated carbocycles. The number of benzene rings is 1. The van der Waals surface area contributed by atoms with Gasteiger partial charge < -0.3 is 18.8 Å². The van der Waals surface area contributed by atoms with Gasteiger partial charge in [-0.25, -0.2) is 0 Å². The summed E-state index contributed by atoms with van der Waals surface area (Å²) in [5.74, 6) is -0.462. The van der Waals surface area contributed by atoms with Gasteiger partial charge in [0.15, 0.2) is 0 Å². The van der Waals surface area contributed by atoms with Gasteiger partial charge in [-0.2, -0.15) is 0 Å². The molecule has 0 aliphatic carbocycles. The minimum atomic E-state index is -0.462. The van der Waals surface area contributed by atoms with E-state index in [1.54, 1.807) is 24.4 Å². The van der Waals surface area contributed by atoms with E-state index < -0.39 is 5.97 Å². The first-order valence-corrected chi connectivity index (χ1v) is 7.61. The van der Waals surface area contributed by atoms with Gasteiger partial charge in [-0.05, 0) is 24.4 Å². The molecule has 2 rings (SSSR count). The van der Waals surface area contributed by atoms with Crippen LogP contribution in [0.25, 0.3) is 10.8 Å². The number of carbonyl (C=O) groups is 1. The lowest BCUT2D eigenvalue weighted by atomic mass is 10.2. The average molecular weight is 319 g/mol. The fraction of sp³-hybridized carbons (Fsp3) is 0.412. The van der Waals surface area contributed by atoms with Gasteiger partial charge in [-0.15, -0.1) is 0 Å². The van der Waals surface area contributed by atoms with Gasteiger partial charge in [0, 0.05) is 18.2 Å². The predicted molar refractivity (Wildman–Crippen MR) is 86.5 cm³/mol. The predicted octanol–water partition coefficient (Wildman–Crippen LogP) is 1.60. The Labute approximate surface area is 134 Å². The molecule has 0 saturated heterocycles. The van der Waals surface area contributed by atoms with Crippen molar-refractivity contribution in [2.24, 2.45) is 0 Å². The van der Waals surface area contributed by atoms with Crippen LogP contribution in [-0.2, 0) is 25.5 Å². The van der Waals surface area contributed by atoms with Gasteiger partial charge in [0.1, 0.15) is 13.2 Å². The maximum atomic E-state index is 12.3. The fourth-order valence-electron chi connectivity index (χ4n) is 2.12. The first kappa shape index (κ1) is 17.2. The van der Waals surface area contributed by atoms with E-state index >= 15 is 0 Å². The Bertz CT molecular complexity index is 695. The van der Waals surface area contributed by atoms with Crippen molar-refractivity contribution in [3.63, 3.8) is 0 Å². The van der Waals surface area contributed by atoms with Crippen molar-refractivity contribution in [1.82, 2.24) is 4.57 Å². The van der Waals surface area contributed by atoms with E-state index in [9.17, 15) is 9.59 Å². The van der Waals surface area contributed by atoms with Gasteiger partial charge in [0.05, 0.1) is 19.8 Å². The number of nitrogens with zero attached hydrogens (tertiary/aromatic N) is 1. The Hall–Kier alpha value is -2.18. The van der Waals surface area contributed by atoms with Crippen LogP contribution in [0.4, 0.5) is 0 Å². The molecule has 0 bridgehead atoms. The van der Waals surface area contributed by atoms with Gasteiger partial charge >= 0.3 is 5.97 Å². The highest BCUT2D eigenvalue weighted by Crippen LogP contribution is 2.07. The molecule has 0 aliphatic heterocycles. The lowest BCUT2D eigenvalue weighted by molar-refractivity contribution is -0.146. The van der Waals surface area contributed by atoms with Crippen molar-refractivity contribution < 1.29 is 19.0 Å². The molecule has 2 aromatic rings. The third-order valence-electron chi connectivity index (χ3n) is 3.25. The fourth-order valence-corrected chi connectivity index (χ4v) is 2.12. The Morgan fingerprint density at radius 1 is 1.04 bits per heavy atom. The summed E-state index contributed by atoms with van der Waals surface area (Å²) >= 11 is 0. The van der Waals surface area contributed by atoms with E-state index in [-0.39, 0.29) is 18.7 Å². The molecule has 23 heavy (non-hydrogen) atoms. The second kappa shape index (κ2) is 9.07. The molecule has 1 aromatic heterocycles. The normalized spacial score (nSPS) is 10.8. The van der Waals surface area contributed by atoms with Crippen LogP contribution in [0, 0.1) is 0 Å². The number of fused-ring (bicyclic) bond motifs is 1. The van der Waals surface area contributed by atoms with Gasteiger partial charge in [-0.3, -0.25) is 9.59 Å². The zero-order valence-electron chi connectivity index (χ0n) is 13.2. The number of aromatic nitrogens is 1. The van der Waals surface area contributed by atoms with Crippen molar-refractivity contribution in [2.45, 2.75) is 13.5 Å². The summed E-state index contributed by atoms with van der Waals surface area (Å²) in [7, 11) is 0. The van der Waals surface area contributed by atoms with E-state index in [4.69, 9.17) is 14.2 Å². The van der Waals surface area contributed by atoms with Crippen LogP contribution in [-0.4, -0.2) is 43.6 Å². The van der Waals surface area contributed by atoms with E-state index in [2.05, 4.69) is 0 Å². The highest BCUT2D eigenvalue weighted by Gasteiger charge is 2.08. The minimum absolute atomic E-state index is 0.109. The first-order valence-electron chi connectivity index (χ1n) is 7.61. The number of hydrogen-bond acceptors (Lipinski definition) is 5. The largest absolute Gasteiger partial charge is 0.462 e. The van der Waals surface area contributed by atoms with Crippen LogP contribution < -0.4 is 5.56 Å². The van der Waals surface area contributed by atoms with Crippen LogP contribution in [0.5, 0.6) is 0 Å². The Kier molecular flexibility index (Phi) is 6.77. The molecule has 1 aromatic carbocycles. The number of esters is 1. The summed E-state index contributed by atoms with van der Waals surface area (Å²) in [6.07, 6.45) is 1.60. The lowest BCUT2D eigenvalue weighted by Gasteiger charge is -2.08. The monoisotopic (exact) mass is 319 g/mol. The highest BCUT2D eigenvalue weighted by molar-refractivity contribution is 5.81. The van der Waals surface area contributed by atoms with Crippen molar-refractivity contribution in [3.8, 4) is 0 Å². The van der Waals surface area contributed by atoms with E-state index in [0.29, 0.717) is 31.8 Å². The third-order valence-corrected chi connectivity index (χ3v) is 3.25. The molecule has 0 aliphatic rings. The van der Waals surface area contributed by atoms with Crippen LogP contribution in [0.2, 0.25) is 0 Å². The molecule has 0 spiro atoms. The molecule has 1 heterocycles. The summed E-state index contributed by atoms with van der Waals surface area (Å²) in [4.78, 5) is 24.0. The second-order valence-electron chi connectivity index (χ2n) is 4.87. The molecule has 0 amide bonds. The summed E-state index contributed by atoms with van der Waals surface area (Å²) in [5, 5.41) is 1.44. The van der Waals surface area contributed by atoms with Gasteiger partial charge in [0.25, 0.3) is 5.56 Å². The Balaban J connectivity index is 1.79. The zero-order valence-corrected chi connectivity index (χ0v) is 13.2. The van der Waals surface area contributed by atoms with Gasteiger partial charge in [0.2, 0.25) is 0 Å². The number of pyridine rings is 1. The maximum Gasteiger partial charge on any atom is 0.326 e. The molecule has 0 fully saturated rings. The summed E-state index contributed by atoms with van der Waals surface area (Å²) in [6.45, 7) is 3.92. The van der Waals surface area contributed by atoms with Crippen molar-refractivity contribution in [3.05, 3.63) is 46.9 Å². The molecule has 0 radical (unpaired) electrons. The molecule has 0 N–H and O–H groups in total. The number of hydrogen-bond donors (Lipinski definition) is 0. The maximum absolute atomic E-state index is 12.3. The smallest absolute Gasteiger partial charge is 0.326 e. The highest BCUT2D eigenvalue weighted by atomic mass is 16.6. The summed E-state index contributed by atoms with van der Waals surface area (Å²) < 4.78 is 16.8. The zero-order chi connectivity index (χ0) is 16.5. The van der Waals surface area contributed by atoms with E-state index in [0.717, 1.165) is 5.39 Å². The average Bonchev–Trinajstić information content (AvgIpc) is 2.57. The van der Waals surface area contributed by atoms with E-state index in [1.807, 2.05) is 19.1 Å². The first-order chi connectivity index (χ1) is 11.2. The van der Waals surface area contributed by atoms with Crippen LogP contribution in [0.3, 0.4) is 0 Å². The molecule has 0 atom stereocenters. The number of ether oxygens (including phenoxy) is 3. The van der Waals surface area contributed by atoms with Crippen LogP contribution in [0.1, 0.15) is 6.92 Å². The molecule has 0 unspecified atom stereocenters. The topological polar surface area (TPSA) is 66.8 Å². The molecule has 6 nitrogen and oxygen atoms in total. The molecular formula is C17H21NO5. The second-order valence-corrected chi connectivity index (χ2v) is 4.87. The number of rotatable bonds is 9. The number of carbonyl (C=O) groups excluding carboxylic acids is 1. The van der Waals surface area contributed by atoms with Crippen LogP contribution >= 0.6 is 0 Å². The van der Waals surface area contributed by atoms with Crippen LogP contribution in [0.15, 0.2) is 41.3 Å². The minimum Gasteiger partial charge on any atom is -0.462 e. The molecular weight excluding hydrogens is 298 g/mol. The van der Waals surface area contributed by atoms with E-state index in [1.165, 1.54) is 4.57 Å². The van der Waals surface area contributed by atoms with Crippen molar-refractivity contribution >= 4 is 16.7 Å². The summed E-state index contributed by atoms with van der Waals surface area (Å²) in [6, 6.07) is 9.07. The molecule has 124 valence electrons. The molecule has 6 heteroatoms.